The Kier molecular flexibility index (Phi) is 6.73. The molecule has 0 bridgehead atoms. The Labute approximate surface area is 123 Å². The highest BCUT2D eigenvalue weighted by molar-refractivity contribution is 6.51. The molecule has 0 rings (SSSR count). The third-order valence-corrected chi connectivity index (χ3v) is 3.02. The third kappa shape index (κ3) is 7.52. The first-order valence-corrected chi connectivity index (χ1v) is 5.79. The molecule has 0 aliphatic heterocycles. The fraction of sp³-hybridized carbons (Fsp3) is 1.00. The van der Waals surface area contributed by atoms with Crippen LogP contribution in [-0.4, -0.2) is 26.6 Å². The van der Waals surface area contributed by atoms with Crippen molar-refractivity contribution in [3.8, 4) is 0 Å². The normalized spacial score (nSPS) is 18.0. The maximum absolute atomic E-state index is 12.8. The molecule has 0 spiro atoms. The highest BCUT2D eigenvalue weighted by Crippen LogP contribution is 2.39. The molecular formula is C5H2Cl6F4O2. The molecule has 0 fully saturated rings. The quantitative estimate of drug-likeness (QED) is 0.369. The lowest BCUT2D eigenvalue weighted by atomic mass is 10.7. The number of alkyl halides is 10. The topological polar surface area (TPSA) is 18.5 Å². The number of ether oxygens (including phenoxy) is 2. The van der Waals surface area contributed by atoms with Crippen LogP contribution in [0.1, 0.15) is 0 Å². The summed E-state index contributed by atoms with van der Waals surface area (Å²) in [5.74, 6) is 0. The second-order valence-electron chi connectivity index (χ2n) is 2.41. The van der Waals surface area contributed by atoms with Crippen LogP contribution in [0, 0.1) is 0 Å². The van der Waals surface area contributed by atoms with Gasteiger partial charge in [-0.15, -0.1) is 8.78 Å². The first kappa shape index (κ1) is 18.4. The molecule has 2 nitrogen and oxygen atoms in total. The zero-order valence-electron chi connectivity index (χ0n) is 7.25. The molecule has 2 atom stereocenters. The number of hydrogen-bond donors (Lipinski definition) is 0. The summed E-state index contributed by atoms with van der Waals surface area (Å²) in [5.41, 5.74) is -5.05. The predicted octanol–water partition coefficient (Wildman–Crippen LogP) is 4.90. The SMILES string of the molecule is FC(F)(OC(Cl)C(F)(Cl)Cl)OC(Cl)C(F)(Cl)Cl. The first-order valence-electron chi connectivity index (χ1n) is 3.41. The van der Waals surface area contributed by atoms with E-state index in [0.29, 0.717) is 0 Å². The Bertz CT molecular complexity index is 230. The van der Waals surface area contributed by atoms with Crippen molar-refractivity contribution >= 4 is 69.6 Å². The van der Waals surface area contributed by atoms with E-state index in [0.717, 1.165) is 0 Å². The molecule has 0 amide bonds. The monoisotopic (exact) mass is 380 g/mol. The molecule has 0 aromatic carbocycles. The minimum Gasteiger partial charge on any atom is -0.270 e. The van der Waals surface area contributed by atoms with Crippen molar-refractivity contribution in [1.82, 2.24) is 0 Å². The van der Waals surface area contributed by atoms with Gasteiger partial charge in [0.25, 0.3) is 9.17 Å². The fourth-order valence-corrected chi connectivity index (χ4v) is 0.788. The predicted molar refractivity (Wildman–Crippen MR) is 57.5 cm³/mol. The minimum atomic E-state index is -4.62. The second-order valence-corrected chi connectivity index (χ2v) is 5.79. The number of halogens is 10. The maximum Gasteiger partial charge on any atom is 0.488 e. The Morgan fingerprint density at radius 2 is 0.941 bits per heavy atom. The van der Waals surface area contributed by atoms with Crippen molar-refractivity contribution in [3.63, 3.8) is 0 Å². The average molecular weight is 383 g/mol. The standard InChI is InChI=1S/C5H2Cl6F4O2/c6-1(3(8,9)12)16-5(14,15)17-2(7)4(10,11)13/h1-2H. The van der Waals surface area contributed by atoms with Crippen molar-refractivity contribution in [1.29, 1.82) is 0 Å². The summed E-state index contributed by atoms with van der Waals surface area (Å²) in [7, 11) is 0. The van der Waals surface area contributed by atoms with Crippen LogP contribution in [0.5, 0.6) is 0 Å². The number of hydrogen-bond acceptors (Lipinski definition) is 2. The van der Waals surface area contributed by atoms with Gasteiger partial charge in [-0.25, -0.2) is 8.78 Å². The summed E-state index contributed by atoms with van der Waals surface area (Å²) < 4.78 is 51.1. The van der Waals surface area contributed by atoms with E-state index in [4.69, 9.17) is 69.6 Å². The molecule has 2 unspecified atom stereocenters. The molecule has 0 aromatic rings. The van der Waals surface area contributed by atoms with Gasteiger partial charge in [-0.1, -0.05) is 69.6 Å². The molecule has 0 saturated carbocycles. The lowest BCUT2D eigenvalue weighted by Crippen LogP contribution is -2.39. The van der Waals surface area contributed by atoms with E-state index in [1.165, 1.54) is 0 Å². The van der Waals surface area contributed by atoms with Crippen molar-refractivity contribution in [2.75, 3.05) is 0 Å². The summed E-state index contributed by atoms with van der Waals surface area (Å²) in [6.45, 7) is 0. The average Bonchev–Trinajstić information content (AvgIpc) is 1.97. The summed E-state index contributed by atoms with van der Waals surface area (Å²) in [6.07, 6.45) is -4.62. The molecule has 0 aliphatic carbocycles. The van der Waals surface area contributed by atoms with Crippen LogP contribution in [0.3, 0.4) is 0 Å². The minimum absolute atomic E-state index is 2.52. The number of rotatable bonds is 6. The van der Waals surface area contributed by atoms with Crippen molar-refractivity contribution in [3.05, 3.63) is 0 Å². The van der Waals surface area contributed by atoms with Crippen LogP contribution in [0.15, 0.2) is 0 Å². The largest absolute Gasteiger partial charge is 0.488 e. The van der Waals surface area contributed by atoms with Gasteiger partial charge >= 0.3 is 6.29 Å². The molecule has 0 aromatic heterocycles. The Hall–Kier alpha value is 1.38. The van der Waals surface area contributed by atoms with Crippen LogP contribution in [0.4, 0.5) is 17.6 Å². The highest BCUT2D eigenvalue weighted by atomic mass is 35.5. The fourth-order valence-electron chi connectivity index (χ4n) is 0.402. The zero-order valence-corrected chi connectivity index (χ0v) is 11.8. The Morgan fingerprint density at radius 1 is 0.706 bits per heavy atom. The molecule has 17 heavy (non-hydrogen) atoms. The first-order chi connectivity index (χ1) is 7.26. The molecular weight excluding hydrogens is 381 g/mol. The summed E-state index contributed by atoms with van der Waals surface area (Å²) in [4.78, 5) is 0. The summed E-state index contributed by atoms with van der Waals surface area (Å²) in [5, 5.41) is 0. The molecule has 104 valence electrons. The van der Waals surface area contributed by atoms with Crippen molar-refractivity contribution < 1.29 is 27.0 Å². The van der Waals surface area contributed by atoms with Crippen LogP contribution >= 0.6 is 69.6 Å². The van der Waals surface area contributed by atoms with E-state index in [1.807, 2.05) is 0 Å². The molecule has 0 aliphatic rings. The molecule has 0 radical (unpaired) electrons. The Morgan fingerprint density at radius 3 is 1.12 bits per heavy atom. The third-order valence-electron chi connectivity index (χ3n) is 0.996. The Balaban J connectivity index is 4.50. The zero-order chi connectivity index (χ0) is 14.1. The molecule has 0 saturated heterocycles. The molecule has 0 heterocycles. The van der Waals surface area contributed by atoms with Gasteiger partial charge in [-0.05, 0) is 0 Å². The molecule has 12 heteroatoms. The lowest BCUT2D eigenvalue weighted by molar-refractivity contribution is -0.408. The van der Waals surface area contributed by atoms with Crippen LogP contribution < -0.4 is 0 Å². The van der Waals surface area contributed by atoms with Gasteiger partial charge in [0.15, 0.2) is 0 Å². The second kappa shape index (κ2) is 6.22. The van der Waals surface area contributed by atoms with Crippen molar-refractivity contribution in [2.45, 2.75) is 26.6 Å². The van der Waals surface area contributed by atoms with Gasteiger partial charge in [0.2, 0.25) is 11.1 Å². The van der Waals surface area contributed by atoms with Crippen LogP contribution in [0.2, 0.25) is 0 Å². The van der Waals surface area contributed by atoms with Gasteiger partial charge < -0.3 is 0 Å². The van der Waals surface area contributed by atoms with E-state index in [2.05, 4.69) is 9.47 Å². The highest BCUT2D eigenvalue weighted by Gasteiger charge is 2.49. The molecule has 0 N–H and O–H groups in total. The summed E-state index contributed by atoms with van der Waals surface area (Å²) in [6, 6.07) is 0. The van der Waals surface area contributed by atoms with Crippen LogP contribution in [0.25, 0.3) is 0 Å². The lowest BCUT2D eigenvalue weighted by Gasteiger charge is -2.26. The van der Waals surface area contributed by atoms with E-state index < -0.39 is 26.6 Å². The van der Waals surface area contributed by atoms with Gasteiger partial charge in [0, 0.05) is 0 Å². The van der Waals surface area contributed by atoms with Gasteiger partial charge in [-0.2, -0.15) is 0 Å². The van der Waals surface area contributed by atoms with Gasteiger partial charge in [0.1, 0.15) is 0 Å². The maximum atomic E-state index is 12.8. The van der Waals surface area contributed by atoms with E-state index in [-0.39, 0.29) is 0 Å². The summed E-state index contributed by atoms with van der Waals surface area (Å²) >= 11 is 28.7. The van der Waals surface area contributed by atoms with E-state index in [1.54, 1.807) is 0 Å². The van der Waals surface area contributed by atoms with Crippen LogP contribution in [-0.2, 0) is 9.47 Å². The van der Waals surface area contributed by atoms with E-state index in [9.17, 15) is 17.6 Å². The van der Waals surface area contributed by atoms with E-state index >= 15 is 0 Å². The van der Waals surface area contributed by atoms with Crippen molar-refractivity contribution in [2.24, 2.45) is 0 Å². The van der Waals surface area contributed by atoms with Gasteiger partial charge in [0.05, 0.1) is 0 Å². The van der Waals surface area contributed by atoms with Gasteiger partial charge in [-0.3, -0.25) is 9.47 Å². The smallest absolute Gasteiger partial charge is 0.270 e.